The Kier molecular flexibility index (Phi) is 3.42. The Balaban J connectivity index is 2.09. The summed E-state index contributed by atoms with van der Waals surface area (Å²) in [5.74, 6) is 0.427. The molecule has 2 heterocycles. The molecule has 4 heteroatoms. The normalized spacial score (nSPS) is 10.8. The van der Waals surface area contributed by atoms with E-state index in [4.69, 9.17) is 0 Å². The maximum absolute atomic E-state index is 4.46. The SMILES string of the molecule is CC(C)c1nn(C)cc1NCc1ccncc1. The third-order valence-corrected chi connectivity index (χ3v) is 2.64. The number of pyridine rings is 1. The summed E-state index contributed by atoms with van der Waals surface area (Å²) < 4.78 is 1.85. The first-order chi connectivity index (χ1) is 8.16. The molecule has 90 valence electrons. The third kappa shape index (κ3) is 2.84. The molecule has 0 atom stereocenters. The lowest BCUT2D eigenvalue weighted by Crippen LogP contribution is -2.02. The van der Waals surface area contributed by atoms with Crippen LogP contribution in [0.2, 0.25) is 0 Å². The Bertz CT molecular complexity index is 473. The van der Waals surface area contributed by atoms with Crippen LogP contribution in [0.4, 0.5) is 5.69 Å². The Morgan fingerprint density at radius 3 is 2.65 bits per heavy atom. The molecule has 0 saturated carbocycles. The van der Waals surface area contributed by atoms with Gasteiger partial charge in [-0.2, -0.15) is 5.10 Å². The summed E-state index contributed by atoms with van der Waals surface area (Å²) in [5.41, 5.74) is 3.44. The van der Waals surface area contributed by atoms with Gasteiger partial charge in [-0.3, -0.25) is 9.67 Å². The van der Waals surface area contributed by atoms with E-state index in [1.807, 2.05) is 42.5 Å². The number of aromatic nitrogens is 3. The summed E-state index contributed by atoms with van der Waals surface area (Å²) in [6.45, 7) is 5.10. The lowest BCUT2D eigenvalue weighted by atomic mass is 10.1. The van der Waals surface area contributed by atoms with Crippen molar-refractivity contribution >= 4 is 5.69 Å². The van der Waals surface area contributed by atoms with E-state index in [1.165, 1.54) is 5.56 Å². The number of nitrogens with zero attached hydrogens (tertiary/aromatic N) is 3. The standard InChI is InChI=1S/C13H18N4/c1-10(2)13-12(9-17(3)16-13)15-8-11-4-6-14-7-5-11/h4-7,9-10,15H,8H2,1-3H3. The van der Waals surface area contributed by atoms with Crippen LogP contribution in [0, 0.1) is 0 Å². The summed E-state index contributed by atoms with van der Waals surface area (Å²) in [6, 6.07) is 4.02. The van der Waals surface area contributed by atoms with Crippen LogP contribution in [-0.4, -0.2) is 14.8 Å². The van der Waals surface area contributed by atoms with E-state index < -0.39 is 0 Å². The minimum absolute atomic E-state index is 0.427. The van der Waals surface area contributed by atoms with Gasteiger partial charge in [-0.25, -0.2) is 0 Å². The average molecular weight is 230 g/mol. The summed E-state index contributed by atoms with van der Waals surface area (Å²) in [6.07, 6.45) is 5.64. The number of aryl methyl sites for hydroxylation is 1. The minimum atomic E-state index is 0.427. The molecule has 0 fully saturated rings. The quantitative estimate of drug-likeness (QED) is 0.877. The van der Waals surface area contributed by atoms with Crippen LogP contribution < -0.4 is 5.32 Å². The van der Waals surface area contributed by atoms with Crippen molar-refractivity contribution in [2.75, 3.05) is 5.32 Å². The molecule has 17 heavy (non-hydrogen) atoms. The van der Waals surface area contributed by atoms with Crippen LogP contribution in [0.5, 0.6) is 0 Å². The molecule has 0 bridgehead atoms. The summed E-state index contributed by atoms with van der Waals surface area (Å²) >= 11 is 0. The van der Waals surface area contributed by atoms with Crippen LogP contribution in [-0.2, 0) is 13.6 Å². The van der Waals surface area contributed by atoms with Crippen molar-refractivity contribution in [2.24, 2.45) is 7.05 Å². The number of hydrogen-bond donors (Lipinski definition) is 1. The molecule has 2 aromatic heterocycles. The molecule has 0 unspecified atom stereocenters. The Morgan fingerprint density at radius 1 is 1.29 bits per heavy atom. The van der Waals surface area contributed by atoms with Gasteiger partial charge in [0, 0.05) is 32.2 Å². The molecule has 0 radical (unpaired) electrons. The largest absolute Gasteiger partial charge is 0.378 e. The van der Waals surface area contributed by atoms with Gasteiger partial charge in [0.2, 0.25) is 0 Å². The molecule has 4 nitrogen and oxygen atoms in total. The van der Waals surface area contributed by atoms with Gasteiger partial charge in [-0.15, -0.1) is 0 Å². The van der Waals surface area contributed by atoms with E-state index in [9.17, 15) is 0 Å². The maximum atomic E-state index is 4.46. The highest BCUT2D eigenvalue weighted by molar-refractivity contribution is 5.48. The second-order valence-corrected chi connectivity index (χ2v) is 4.47. The van der Waals surface area contributed by atoms with Crippen molar-refractivity contribution in [1.82, 2.24) is 14.8 Å². The molecular formula is C13H18N4. The Morgan fingerprint density at radius 2 is 2.00 bits per heavy atom. The monoisotopic (exact) mass is 230 g/mol. The van der Waals surface area contributed by atoms with Crippen LogP contribution in [0.1, 0.15) is 31.0 Å². The molecule has 0 aliphatic carbocycles. The number of anilines is 1. The summed E-state index contributed by atoms with van der Waals surface area (Å²) in [7, 11) is 1.95. The minimum Gasteiger partial charge on any atom is -0.378 e. The Hall–Kier alpha value is -1.84. The van der Waals surface area contributed by atoms with E-state index >= 15 is 0 Å². The van der Waals surface area contributed by atoms with E-state index in [1.54, 1.807) is 0 Å². The summed E-state index contributed by atoms with van der Waals surface area (Å²) in [5, 5.41) is 7.88. The van der Waals surface area contributed by atoms with E-state index in [0.717, 1.165) is 17.9 Å². The topological polar surface area (TPSA) is 42.7 Å². The fourth-order valence-electron chi connectivity index (χ4n) is 1.77. The van der Waals surface area contributed by atoms with Gasteiger partial charge in [0.15, 0.2) is 0 Å². The highest BCUT2D eigenvalue weighted by Gasteiger charge is 2.10. The van der Waals surface area contributed by atoms with Gasteiger partial charge in [-0.1, -0.05) is 13.8 Å². The predicted octanol–water partition coefficient (Wildman–Crippen LogP) is 2.55. The molecule has 0 amide bonds. The second-order valence-electron chi connectivity index (χ2n) is 4.47. The zero-order valence-corrected chi connectivity index (χ0v) is 10.5. The third-order valence-electron chi connectivity index (χ3n) is 2.64. The molecule has 0 aromatic carbocycles. The molecule has 0 saturated heterocycles. The maximum Gasteiger partial charge on any atom is 0.0881 e. The second kappa shape index (κ2) is 4.99. The zero-order chi connectivity index (χ0) is 12.3. The van der Waals surface area contributed by atoms with E-state index in [-0.39, 0.29) is 0 Å². The van der Waals surface area contributed by atoms with Crippen LogP contribution >= 0.6 is 0 Å². The van der Waals surface area contributed by atoms with E-state index in [0.29, 0.717) is 5.92 Å². The van der Waals surface area contributed by atoms with Crippen molar-refractivity contribution in [3.63, 3.8) is 0 Å². The molecule has 0 aliphatic heterocycles. The van der Waals surface area contributed by atoms with Crippen molar-refractivity contribution < 1.29 is 0 Å². The molecule has 2 aromatic rings. The summed E-state index contributed by atoms with van der Waals surface area (Å²) in [4.78, 5) is 4.01. The first-order valence-corrected chi connectivity index (χ1v) is 5.83. The van der Waals surface area contributed by atoms with Gasteiger partial charge >= 0.3 is 0 Å². The smallest absolute Gasteiger partial charge is 0.0881 e. The Labute approximate surface area is 102 Å². The molecule has 1 N–H and O–H groups in total. The van der Waals surface area contributed by atoms with Crippen molar-refractivity contribution in [2.45, 2.75) is 26.3 Å². The van der Waals surface area contributed by atoms with Crippen LogP contribution in [0.3, 0.4) is 0 Å². The van der Waals surface area contributed by atoms with Crippen LogP contribution in [0.25, 0.3) is 0 Å². The van der Waals surface area contributed by atoms with Crippen molar-refractivity contribution in [3.05, 3.63) is 42.0 Å². The van der Waals surface area contributed by atoms with E-state index in [2.05, 4.69) is 29.2 Å². The highest BCUT2D eigenvalue weighted by atomic mass is 15.3. The first-order valence-electron chi connectivity index (χ1n) is 5.83. The lowest BCUT2D eigenvalue weighted by molar-refractivity contribution is 0.713. The molecule has 0 aliphatic rings. The van der Waals surface area contributed by atoms with Gasteiger partial charge in [-0.05, 0) is 23.6 Å². The molecular weight excluding hydrogens is 212 g/mol. The van der Waals surface area contributed by atoms with Gasteiger partial charge < -0.3 is 5.32 Å². The number of rotatable bonds is 4. The average Bonchev–Trinajstić information content (AvgIpc) is 2.69. The highest BCUT2D eigenvalue weighted by Crippen LogP contribution is 2.22. The van der Waals surface area contributed by atoms with Crippen LogP contribution in [0.15, 0.2) is 30.7 Å². The fourth-order valence-corrected chi connectivity index (χ4v) is 1.77. The van der Waals surface area contributed by atoms with Gasteiger partial charge in [0.25, 0.3) is 0 Å². The predicted molar refractivity (Wildman–Crippen MR) is 68.9 cm³/mol. The first kappa shape index (κ1) is 11.6. The molecule has 0 spiro atoms. The lowest BCUT2D eigenvalue weighted by Gasteiger charge is -2.08. The van der Waals surface area contributed by atoms with Gasteiger partial charge in [0.05, 0.1) is 11.4 Å². The molecule has 2 rings (SSSR count). The van der Waals surface area contributed by atoms with Crippen molar-refractivity contribution in [1.29, 1.82) is 0 Å². The number of hydrogen-bond acceptors (Lipinski definition) is 3. The van der Waals surface area contributed by atoms with Crippen molar-refractivity contribution in [3.8, 4) is 0 Å². The van der Waals surface area contributed by atoms with Gasteiger partial charge in [0.1, 0.15) is 0 Å². The zero-order valence-electron chi connectivity index (χ0n) is 10.5. The number of nitrogens with one attached hydrogen (secondary N) is 1. The fraction of sp³-hybridized carbons (Fsp3) is 0.385.